The van der Waals surface area contributed by atoms with Crippen molar-refractivity contribution in [2.24, 2.45) is 0 Å². The standard InChI is InChI=1S/C13H15N5O/c1-14-13-16-10-5-3-2-4-9(10)12(17-13)18-7-6-15-11(19)8-18/h2-5H,6-8H2,1H3,(H,15,19)(H,14,16,17). The molecule has 1 fully saturated rings. The smallest absolute Gasteiger partial charge is 0.239 e. The van der Waals surface area contributed by atoms with E-state index < -0.39 is 0 Å². The number of hydrogen-bond acceptors (Lipinski definition) is 5. The van der Waals surface area contributed by atoms with Crippen LogP contribution < -0.4 is 15.5 Å². The van der Waals surface area contributed by atoms with Gasteiger partial charge in [0.05, 0.1) is 12.1 Å². The van der Waals surface area contributed by atoms with E-state index in [9.17, 15) is 4.79 Å². The number of aromatic nitrogens is 2. The van der Waals surface area contributed by atoms with Crippen LogP contribution in [0.15, 0.2) is 24.3 Å². The molecule has 0 unspecified atom stereocenters. The van der Waals surface area contributed by atoms with E-state index in [0.717, 1.165) is 23.3 Å². The van der Waals surface area contributed by atoms with Gasteiger partial charge in [-0.1, -0.05) is 12.1 Å². The Hall–Kier alpha value is -2.37. The SMILES string of the molecule is CNc1nc(N2CCNC(=O)C2)c2ccccc2n1. The van der Waals surface area contributed by atoms with E-state index in [1.54, 1.807) is 7.05 Å². The third-order valence-corrected chi connectivity index (χ3v) is 3.14. The predicted octanol–water partition coefficient (Wildman–Crippen LogP) is 0.608. The number of para-hydroxylation sites is 1. The summed E-state index contributed by atoms with van der Waals surface area (Å²) in [5.41, 5.74) is 0.878. The first-order valence-electron chi connectivity index (χ1n) is 6.24. The molecule has 2 N–H and O–H groups in total. The maximum Gasteiger partial charge on any atom is 0.239 e. The number of amides is 1. The highest BCUT2D eigenvalue weighted by molar-refractivity contribution is 5.93. The zero-order valence-corrected chi connectivity index (χ0v) is 10.7. The van der Waals surface area contributed by atoms with Gasteiger partial charge in [-0.15, -0.1) is 0 Å². The molecule has 1 aliphatic heterocycles. The van der Waals surface area contributed by atoms with Crippen LogP contribution in [0.1, 0.15) is 0 Å². The third kappa shape index (κ3) is 2.16. The van der Waals surface area contributed by atoms with Crippen LogP contribution in [-0.2, 0) is 4.79 Å². The van der Waals surface area contributed by atoms with Gasteiger partial charge in [0, 0.05) is 25.5 Å². The minimum atomic E-state index is 0.0277. The highest BCUT2D eigenvalue weighted by Crippen LogP contribution is 2.25. The van der Waals surface area contributed by atoms with Crippen molar-refractivity contribution >= 4 is 28.6 Å². The van der Waals surface area contributed by atoms with Crippen LogP contribution in [0.3, 0.4) is 0 Å². The summed E-state index contributed by atoms with van der Waals surface area (Å²) in [6.45, 7) is 1.74. The molecule has 1 aromatic heterocycles. The first kappa shape index (κ1) is 11.7. The number of benzene rings is 1. The first-order valence-corrected chi connectivity index (χ1v) is 6.24. The number of carbonyl (C=O) groups excluding carboxylic acids is 1. The minimum Gasteiger partial charge on any atom is -0.357 e. The maximum atomic E-state index is 11.5. The van der Waals surface area contributed by atoms with Gasteiger partial charge in [-0.3, -0.25) is 4.79 Å². The molecule has 6 nitrogen and oxygen atoms in total. The van der Waals surface area contributed by atoms with Crippen molar-refractivity contribution < 1.29 is 4.79 Å². The maximum absolute atomic E-state index is 11.5. The number of carbonyl (C=O) groups is 1. The van der Waals surface area contributed by atoms with Crippen LogP contribution in [0.2, 0.25) is 0 Å². The first-order chi connectivity index (χ1) is 9.28. The molecule has 19 heavy (non-hydrogen) atoms. The molecule has 2 heterocycles. The number of rotatable bonds is 2. The number of nitrogens with one attached hydrogen (secondary N) is 2. The van der Waals surface area contributed by atoms with Crippen LogP contribution in [0.5, 0.6) is 0 Å². The highest BCUT2D eigenvalue weighted by atomic mass is 16.2. The second kappa shape index (κ2) is 4.72. The Labute approximate surface area is 110 Å². The Kier molecular flexibility index (Phi) is 2.91. The summed E-state index contributed by atoms with van der Waals surface area (Å²) in [6.07, 6.45) is 0. The Morgan fingerprint density at radius 3 is 2.95 bits per heavy atom. The van der Waals surface area contributed by atoms with Gasteiger partial charge in [-0.05, 0) is 12.1 Å². The molecule has 1 aliphatic rings. The lowest BCUT2D eigenvalue weighted by molar-refractivity contribution is -0.120. The third-order valence-electron chi connectivity index (χ3n) is 3.14. The van der Waals surface area contributed by atoms with Gasteiger partial charge in [0.25, 0.3) is 0 Å². The van der Waals surface area contributed by atoms with Gasteiger partial charge in [0.1, 0.15) is 5.82 Å². The molecule has 0 aliphatic carbocycles. The predicted molar refractivity (Wildman–Crippen MR) is 74.3 cm³/mol. The van der Waals surface area contributed by atoms with Gasteiger partial charge in [0.2, 0.25) is 11.9 Å². The van der Waals surface area contributed by atoms with Crippen molar-refractivity contribution in [3.63, 3.8) is 0 Å². The van der Waals surface area contributed by atoms with Gasteiger partial charge in [-0.25, -0.2) is 4.98 Å². The summed E-state index contributed by atoms with van der Waals surface area (Å²) in [5.74, 6) is 1.41. The molecule has 2 aromatic rings. The zero-order valence-electron chi connectivity index (χ0n) is 10.7. The molecule has 6 heteroatoms. The fraction of sp³-hybridized carbons (Fsp3) is 0.308. The van der Waals surface area contributed by atoms with Gasteiger partial charge >= 0.3 is 0 Å². The summed E-state index contributed by atoms with van der Waals surface area (Å²) >= 11 is 0. The van der Waals surface area contributed by atoms with Gasteiger partial charge < -0.3 is 15.5 Å². The molecule has 0 spiro atoms. The van der Waals surface area contributed by atoms with Crippen LogP contribution in [0.25, 0.3) is 10.9 Å². The molecule has 0 saturated carbocycles. The van der Waals surface area contributed by atoms with Gasteiger partial charge in [-0.2, -0.15) is 4.98 Å². The summed E-state index contributed by atoms with van der Waals surface area (Å²) in [6, 6.07) is 7.84. The van der Waals surface area contributed by atoms with Crippen molar-refractivity contribution in [2.45, 2.75) is 0 Å². The van der Waals surface area contributed by atoms with Crippen molar-refractivity contribution in [2.75, 3.05) is 36.9 Å². The van der Waals surface area contributed by atoms with E-state index in [2.05, 4.69) is 20.6 Å². The van der Waals surface area contributed by atoms with E-state index in [4.69, 9.17) is 0 Å². The second-order valence-electron chi connectivity index (χ2n) is 4.41. The summed E-state index contributed by atoms with van der Waals surface area (Å²) in [5, 5.41) is 6.75. The Morgan fingerprint density at radius 1 is 1.32 bits per heavy atom. The molecular weight excluding hydrogens is 242 g/mol. The van der Waals surface area contributed by atoms with Crippen LogP contribution in [0.4, 0.5) is 11.8 Å². The van der Waals surface area contributed by atoms with Crippen molar-refractivity contribution in [3.8, 4) is 0 Å². The Balaban J connectivity index is 2.12. The average Bonchev–Trinajstić information content (AvgIpc) is 2.46. The zero-order chi connectivity index (χ0) is 13.2. The fourth-order valence-electron chi connectivity index (χ4n) is 2.23. The molecule has 1 saturated heterocycles. The van der Waals surface area contributed by atoms with Crippen molar-refractivity contribution in [1.29, 1.82) is 0 Å². The van der Waals surface area contributed by atoms with Crippen LogP contribution in [-0.4, -0.2) is 42.6 Å². The lowest BCUT2D eigenvalue weighted by Crippen LogP contribution is -2.48. The molecule has 3 rings (SSSR count). The summed E-state index contributed by atoms with van der Waals surface area (Å²) in [4.78, 5) is 22.4. The quantitative estimate of drug-likeness (QED) is 0.825. The van der Waals surface area contributed by atoms with E-state index in [0.29, 0.717) is 19.0 Å². The van der Waals surface area contributed by atoms with Crippen LogP contribution >= 0.6 is 0 Å². The molecular formula is C13H15N5O. The normalized spacial score (nSPS) is 15.4. The minimum absolute atomic E-state index is 0.0277. The molecule has 0 radical (unpaired) electrons. The fourth-order valence-corrected chi connectivity index (χ4v) is 2.23. The van der Waals surface area contributed by atoms with E-state index in [1.165, 1.54) is 0 Å². The highest BCUT2D eigenvalue weighted by Gasteiger charge is 2.20. The largest absolute Gasteiger partial charge is 0.357 e. The lowest BCUT2D eigenvalue weighted by atomic mass is 10.2. The number of fused-ring (bicyclic) bond motifs is 1. The van der Waals surface area contributed by atoms with Gasteiger partial charge in [0.15, 0.2) is 0 Å². The summed E-state index contributed by atoms with van der Waals surface area (Å²) < 4.78 is 0. The molecule has 0 bridgehead atoms. The van der Waals surface area contributed by atoms with E-state index in [-0.39, 0.29) is 5.91 Å². The van der Waals surface area contributed by atoms with Crippen molar-refractivity contribution in [1.82, 2.24) is 15.3 Å². The molecule has 98 valence electrons. The molecule has 1 amide bonds. The lowest BCUT2D eigenvalue weighted by Gasteiger charge is -2.28. The molecule has 0 atom stereocenters. The summed E-state index contributed by atoms with van der Waals surface area (Å²) in [7, 11) is 1.79. The monoisotopic (exact) mass is 257 g/mol. The Morgan fingerprint density at radius 2 is 2.16 bits per heavy atom. The van der Waals surface area contributed by atoms with E-state index >= 15 is 0 Å². The number of hydrogen-bond donors (Lipinski definition) is 2. The topological polar surface area (TPSA) is 70.2 Å². The number of piperazine rings is 1. The number of nitrogens with zero attached hydrogens (tertiary/aromatic N) is 3. The van der Waals surface area contributed by atoms with Crippen molar-refractivity contribution in [3.05, 3.63) is 24.3 Å². The van der Waals surface area contributed by atoms with Crippen LogP contribution in [0, 0.1) is 0 Å². The van der Waals surface area contributed by atoms with E-state index in [1.807, 2.05) is 29.2 Å². The average molecular weight is 257 g/mol. The molecule has 1 aromatic carbocycles. The Bertz CT molecular complexity index is 627. The second-order valence-corrected chi connectivity index (χ2v) is 4.41. The number of anilines is 2.